The third kappa shape index (κ3) is 2.44. The number of hydrogen-bond acceptors (Lipinski definition) is 4. The van der Waals surface area contributed by atoms with E-state index in [1.165, 1.54) is 0 Å². The molecule has 2 heterocycles. The summed E-state index contributed by atoms with van der Waals surface area (Å²) in [5.74, 6) is 1.56. The van der Waals surface area contributed by atoms with E-state index in [1.807, 2.05) is 60.7 Å². The molecule has 0 saturated carbocycles. The largest absolute Gasteiger partial charge is 0.272 e. The quantitative estimate of drug-likeness (QED) is 0.574. The highest BCUT2D eigenvalue weighted by atomic mass is 15.4. The van der Waals surface area contributed by atoms with Gasteiger partial charge < -0.3 is 0 Å². The first-order valence-corrected chi connectivity index (χ1v) is 7.98. The second-order valence-corrected chi connectivity index (χ2v) is 5.97. The Morgan fingerprint density at radius 1 is 0.750 bits per heavy atom. The van der Waals surface area contributed by atoms with Crippen molar-refractivity contribution in [1.29, 1.82) is 0 Å². The van der Waals surface area contributed by atoms with Gasteiger partial charge in [0.15, 0.2) is 5.82 Å². The van der Waals surface area contributed by atoms with Gasteiger partial charge in [-0.1, -0.05) is 74.5 Å². The fourth-order valence-electron chi connectivity index (χ4n) is 2.70. The molecule has 0 fully saturated rings. The molecule has 0 amide bonds. The lowest BCUT2D eigenvalue weighted by molar-refractivity contribution is 0.719. The molecule has 5 nitrogen and oxygen atoms in total. The predicted molar refractivity (Wildman–Crippen MR) is 93.5 cm³/mol. The zero-order chi connectivity index (χ0) is 16.5. The van der Waals surface area contributed by atoms with Crippen LogP contribution in [0.15, 0.2) is 60.7 Å². The maximum Gasteiger partial charge on any atom is 0.272 e. The molecule has 24 heavy (non-hydrogen) atoms. The molecule has 4 rings (SSSR count). The van der Waals surface area contributed by atoms with Crippen LogP contribution in [0.1, 0.15) is 25.6 Å². The van der Waals surface area contributed by atoms with E-state index in [0.717, 1.165) is 28.3 Å². The third-order valence-corrected chi connectivity index (χ3v) is 3.90. The summed E-state index contributed by atoms with van der Waals surface area (Å²) < 4.78 is 1.75. The molecule has 0 unspecified atom stereocenters. The first-order valence-electron chi connectivity index (χ1n) is 7.98. The van der Waals surface area contributed by atoms with Crippen LogP contribution in [0.3, 0.4) is 0 Å². The van der Waals surface area contributed by atoms with E-state index in [9.17, 15) is 0 Å². The van der Waals surface area contributed by atoms with Crippen molar-refractivity contribution in [3.05, 3.63) is 66.5 Å². The highest BCUT2D eigenvalue weighted by molar-refractivity contribution is 5.78. The van der Waals surface area contributed by atoms with Crippen LogP contribution in [0.2, 0.25) is 0 Å². The van der Waals surface area contributed by atoms with Crippen molar-refractivity contribution in [2.75, 3.05) is 0 Å². The Morgan fingerprint density at radius 3 is 1.92 bits per heavy atom. The minimum Gasteiger partial charge on any atom is -0.207 e. The zero-order valence-corrected chi connectivity index (χ0v) is 13.6. The first-order chi connectivity index (χ1) is 11.7. The van der Waals surface area contributed by atoms with Gasteiger partial charge in [0.1, 0.15) is 11.4 Å². The second-order valence-electron chi connectivity index (χ2n) is 5.97. The smallest absolute Gasteiger partial charge is 0.207 e. The predicted octanol–water partition coefficient (Wildman–Crippen LogP) is 3.98. The van der Waals surface area contributed by atoms with Gasteiger partial charge in [0.05, 0.1) is 0 Å². The van der Waals surface area contributed by atoms with Gasteiger partial charge in [-0.25, -0.2) is 4.98 Å². The number of fused-ring (bicyclic) bond motifs is 1. The Bertz CT molecular complexity index is 975. The molecule has 0 atom stereocenters. The molecule has 2 aromatic carbocycles. The Labute approximate surface area is 140 Å². The van der Waals surface area contributed by atoms with Crippen LogP contribution in [-0.4, -0.2) is 24.8 Å². The normalized spacial score (nSPS) is 11.3. The third-order valence-electron chi connectivity index (χ3n) is 3.90. The number of hydrogen-bond donors (Lipinski definition) is 0. The van der Waals surface area contributed by atoms with E-state index in [2.05, 4.69) is 24.0 Å². The molecule has 0 spiro atoms. The summed E-state index contributed by atoms with van der Waals surface area (Å²) >= 11 is 0. The van der Waals surface area contributed by atoms with Gasteiger partial charge in [-0.2, -0.15) is 9.61 Å². The zero-order valence-electron chi connectivity index (χ0n) is 13.6. The Hall–Kier alpha value is -3.08. The maximum absolute atomic E-state index is 4.83. The highest BCUT2D eigenvalue weighted by Gasteiger charge is 2.17. The summed E-state index contributed by atoms with van der Waals surface area (Å²) in [6.45, 7) is 4.15. The fraction of sp³-hybridized carbons (Fsp3) is 0.158. The van der Waals surface area contributed by atoms with Gasteiger partial charge in [0.2, 0.25) is 0 Å². The van der Waals surface area contributed by atoms with Crippen LogP contribution in [0, 0.1) is 0 Å². The molecule has 118 valence electrons. The van der Waals surface area contributed by atoms with E-state index in [-0.39, 0.29) is 5.92 Å². The Morgan fingerprint density at radius 2 is 1.33 bits per heavy atom. The first kappa shape index (κ1) is 14.5. The van der Waals surface area contributed by atoms with E-state index in [4.69, 9.17) is 10.1 Å². The molecule has 5 heteroatoms. The number of rotatable bonds is 3. The molecular formula is C19H17N5. The highest BCUT2D eigenvalue weighted by Crippen LogP contribution is 2.29. The maximum atomic E-state index is 4.83. The van der Waals surface area contributed by atoms with Crippen LogP contribution >= 0.6 is 0 Å². The molecule has 2 aromatic heterocycles. The lowest BCUT2D eigenvalue weighted by Gasteiger charge is -2.10. The summed E-state index contributed by atoms with van der Waals surface area (Å²) in [5, 5.41) is 13.3. The summed E-state index contributed by atoms with van der Waals surface area (Å²) in [4.78, 5) is 4.75. The fourth-order valence-corrected chi connectivity index (χ4v) is 2.70. The summed E-state index contributed by atoms with van der Waals surface area (Å²) in [5.41, 5.74) is 3.68. The molecule has 0 bridgehead atoms. The van der Waals surface area contributed by atoms with Crippen molar-refractivity contribution >= 4 is 5.78 Å². The molecule has 0 radical (unpaired) electrons. The average molecular weight is 315 g/mol. The summed E-state index contributed by atoms with van der Waals surface area (Å²) in [6.07, 6.45) is 0. The summed E-state index contributed by atoms with van der Waals surface area (Å²) in [6, 6.07) is 20.2. The van der Waals surface area contributed by atoms with Gasteiger partial charge in [-0.05, 0) is 0 Å². The van der Waals surface area contributed by atoms with Crippen LogP contribution < -0.4 is 0 Å². The Kier molecular flexibility index (Phi) is 3.54. The average Bonchev–Trinajstić information content (AvgIpc) is 3.05. The minimum atomic E-state index is 0.223. The van der Waals surface area contributed by atoms with Crippen LogP contribution in [0.4, 0.5) is 0 Å². The van der Waals surface area contributed by atoms with Crippen molar-refractivity contribution in [3.63, 3.8) is 0 Å². The van der Waals surface area contributed by atoms with Gasteiger partial charge in [0, 0.05) is 17.0 Å². The molecular weight excluding hydrogens is 298 g/mol. The van der Waals surface area contributed by atoms with Gasteiger partial charge in [0.25, 0.3) is 5.78 Å². The van der Waals surface area contributed by atoms with Gasteiger partial charge in [-0.3, -0.25) is 0 Å². The van der Waals surface area contributed by atoms with E-state index >= 15 is 0 Å². The van der Waals surface area contributed by atoms with Crippen molar-refractivity contribution in [2.45, 2.75) is 19.8 Å². The van der Waals surface area contributed by atoms with Crippen LogP contribution in [0.5, 0.6) is 0 Å². The summed E-state index contributed by atoms with van der Waals surface area (Å²) in [7, 11) is 0. The Balaban J connectivity index is 2.03. The molecule has 4 aromatic rings. The monoisotopic (exact) mass is 315 g/mol. The lowest BCUT2D eigenvalue weighted by Crippen LogP contribution is -2.05. The number of nitrogens with zero attached hydrogens (tertiary/aromatic N) is 5. The standard InChI is InChI=1S/C19H17N5/c1-13(2)18-21-22-19-20-16(14-9-5-3-6-10-14)17(23-24(18)19)15-11-7-4-8-12-15/h3-13H,1-2H3. The van der Waals surface area contributed by atoms with E-state index < -0.39 is 0 Å². The van der Waals surface area contributed by atoms with Crippen LogP contribution in [-0.2, 0) is 0 Å². The SMILES string of the molecule is CC(C)c1nnc2nc(-c3ccccc3)c(-c3ccccc3)nn12. The van der Waals surface area contributed by atoms with Gasteiger partial charge in [-0.15, -0.1) is 10.2 Å². The molecule has 0 N–H and O–H groups in total. The van der Waals surface area contributed by atoms with Crippen LogP contribution in [0.25, 0.3) is 28.3 Å². The topological polar surface area (TPSA) is 56.0 Å². The second kappa shape index (κ2) is 5.85. The van der Waals surface area contributed by atoms with Crippen molar-refractivity contribution < 1.29 is 0 Å². The molecule has 0 aliphatic carbocycles. The van der Waals surface area contributed by atoms with Crippen molar-refractivity contribution in [1.82, 2.24) is 24.8 Å². The number of aromatic nitrogens is 5. The number of benzene rings is 2. The molecule has 0 aliphatic heterocycles. The van der Waals surface area contributed by atoms with Gasteiger partial charge >= 0.3 is 0 Å². The van der Waals surface area contributed by atoms with Crippen molar-refractivity contribution in [2.24, 2.45) is 0 Å². The molecule has 0 aliphatic rings. The van der Waals surface area contributed by atoms with E-state index in [0.29, 0.717) is 5.78 Å². The van der Waals surface area contributed by atoms with E-state index in [1.54, 1.807) is 4.52 Å². The minimum absolute atomic E-state index is 0.223. The molecule has 0 saturated heterocycles. The lowest BCUT2D eigenvalue weighted by atomic mass is 10.0. The van der Waals surface area contributed by atoms with Crippen molar-refractivity contribution in [3.8, 4) is 22.5 Å².